The molecule has 0 radical (unpaired) electrons. The van der Waals surface area contributed by atoms with Crippen molar-refractivity contribution in [3.63, 3.8) is 0 Å². The number of aliphatic hydroxyl groups excluding tert-OH is 8. The molecule has 18 N–H and O–H groups in total. The quantitative estimate of drug-likeness (QED) is 0.0710. The van der Waals surface area contributed by atoms with Crippen LogP contribution in [0.25, 0.3) is 0 Å². The Kier molecular flexibility index (Phi) is 15.7. The minimum Gasteiger partial charge on any atom is -0.394 e. The van der Waals surface area contributed by atoms with E-state index in [0.29, 0.717) is 12.8 Å². The van der Waals surface area contributed by atoms with Crippen LogP contribution < -0.4 is 33.2 Å². The molecule has 48 heavy (non-hydrogen) atoms. The van der Waals surface area contributed by atoms with Crippen molar-refractivity contribution in [2.75, 3.05) is 39.9 Å². The van der Waals surface area contributed by atoms with Gasteiger partial charge >= 0.3 is 0 Å². The van der Waals surface area contributed by atoms with Crippen LogP contribution in [0.4, 0.5) is 0 Å². The Labute approximate surface area is 278 Å². The third-order valence-electron chi connectivity index (χ3n) is 9.15. The molecule has 282 valence electrons. The monoisotopic (exact) mass is 700 g/mol. The summed E-state index contributed by atoms with van der Waals surface area (Å²) in [6.45, 7) is 0.365. The summed E-state index contributed by atoms with van der Waals surface area (Å²) in [6, 6.07) is -3.67. The zero-order valence-electron chi connectivity index (χ0n) is 27.2. The van der Waals surface area contributed by atoms with E-state index in [1.807, 2.05) is 0 Å². The smallest absolute Gasteiger partial charge is 0.251 e. The highest BCUT2D eigenvalue weighted by Crippen LogP contribution is 2.32. The number of carbonyl (C=O) groups is 1. The molecule has 2 aliphatic heterocycles. The molecule has 0 aromatic rings. The number of hydrogen-bond acceptors (Lipinski definition) is 19. The highest BCUT2D eigenvalue weighted by atomic mass is 16.7. The molecule has 0 aromatic heterocycles. The minimum absolute atomic E-state index is 0.0205. The summed E-state index contributed by atoms with van der Waals surface area (Å²) in [5.74, 6) is -1.13. The Balaban J connectivity index is 1.77. The molecule has 20 nitrogen and oxygen atoms in total. The van der Waals surface area contributed by atoms with Gasteiger partial charge in [-0.3, -0.25) is 4.79 Å². The predicted octanol–water partition coefficient (Wildman–Crippen LogP) is -8.43. The van der Waals surface area contributed by atoms with Crippen LogP contribution in [0.2, 0.25) is 0 Å². The lowest BCUT2D eigenvalue weighted by Gasteiger charge is -2.49. The van der Waals surface area contributed by atoms with E-state index in [4.69, 9.17) is 41.3 Å². The Morgan fingerprint density at radius 2 is 1.65 bits per heavy atom. The summed E-state index contributed by atoms with van der Waals surface area (Å²) in [4.78, 5) is 12.9. The van der Waals surface area contributed by atoms with E-state index >= 15 is 0 Å². The molecular formula is C28H56N6O14. The second-order valence-electron chi connectivity index (χ2n) is 13.1. The second-order valence-corrected chi connectivity index (χ2v) is 13.1. The van der Waals surface area contributed by atoms with Gasteiger partial charge in [0, 0.05) is 25.7 Å². The molecule has 8 unspecified atom stereocenters. The molecule has 3 fully saturated rings. The fraction of sp³-hybridized carbons (Fsp3) is 0.964. The summed E-state index contributed by atoms with van der Waals surface area (Å²) in [5.41, 5.74) is 16.6. The van der Waals surface area contributed by atoms with E-state index in [0.717, 1.165) is 0 Å². The number of nitrogens with two attached hydrogens (primary N) is 3. The summed E-state index contributed by atoms with van der Waals surface area (Å²) >= 11 is 0. The van der Waals surface area contributed by atoms with Crippen LogP contribution in [0.5, 0.6) is 0 Å². The summed E-state index contributed by atoms with van der Waals surface area (Å²) < 4.78 is 23.8. The molecule has 2 heterocycles. The minimum atomic E-state index is -2.11. The molecule has 1 aliphatic carbocycles. The Bertz CT molecular complexity index is 991. The van der Waals surface area contributed by atoms with Crippen LogP contribution in [0.15, 0.2) is 0 Å². The zero-order chi connectivity index (χ0) is 35.9. The van der Waals surface area contributed by atoms with E-state index in [1.54, 1.807) is 0 Å². The number of aliphatic hydroxyl groups is 9. The van der Waals surface area contributed by atoms with Crippen molar-refractivity contribution >= 4 is 5.91 Å². The van der Waals surface area contributed by atoms with Crippen molar-refractivity contribution < 1.29 is 69.7 Å². The van der Waals surface area contributed by atoms with E-state index in [1.165, 1.54) is 14.0 Å². The van der Waals surface area contributed by atoms with Crippen LogP contribution >= 0.6 is 0 Å². The van der Waals surface area contributed by atoms with Crippen molar-refractivity contribution in [3.05, 3.63) is 0 Å². The summed E-state index contributed by atoms with van der Waals surface area (Å²) in [7, 11) is 1.52. The standard InChI is InChI=1S/C28H56N6O14/c1-28(44)10-45-27(21(42)24(28)32-2)48-23-14(34-25(43)19(40)18(39)15(36)6-29)5-13(31)22(20(23)41)47-26-12(30)4-3-11(46-26)7-33-8-16(37)17(38)9-35/h11-24,26-27,32-33,35-42,44H,3-10,29-31H2,1-2H3,(H,34,43)/t11-,12?,13-,14+,15-,16?,17?,18-,19-,20?,21?,22?,23?,24+,26+,27+,28?/m0/s1. The van der Waals surface area contributed by atoms with Gasteiger partial charge in [-0.15, -0.1) is 0 Å². The van der Waals surface area contributed by atoms with Gasteiger partial charge in [-0.2, -0.15) is 0 Å². The molecule has 2 saturated heterocycles. The van der Waals surface area contributed by atoms with Gasteiger partial charge in [0.25, 0.3) is 5.91 Å². The normalized spacial score (nSPS) is 40.8. The molecule has 0 bridgehead atoms. The van der Waals surface area contributed by atoms with Gasteiger partial charge in [0.1, 0.15) is 42.2 Å². The molecule has 20 heteroatoms. The molecule has 1 saturated carbocycles. The van der Waals surface area contributed by atoms with Gasteiger partial charge in [-0.05, 0) is 33.2 Å². The largest absolute Gasteiger partial charge is 0.394 e. The molecule has 0 spiro atoms. The zero-order valence-corrected chi connectivity index (χ0v) is 27.2. The molecule has 17 atom stereocenters. The van der Waals surface area contributed by atoms with Gasteiger partial charge in [0.2, 0.25) is 0 Å². The van der Waals surface area contributed by atoms with Crippen LogP contribution in [0.1, 0.15) is 26.2 Å². The van der Waals surface area contributed by atoms with E-state index in [-0.39, 0.29) is 26.1 Å². The van der Waals surface area contributed by atoms with Gasteiger partial charge in [0.05, 0.1) is 49.7 Å². The van der Waals surface area contributed by atoms with E-state index in [2.05, 4.69) is 16.0 Å². The molecule has 3 rings (SSSR count). The van der Waals surface area contributed by atoms with Crippen molar-refractivity contribution in [1.29, 1.82) is 0 Å². The average molecular weight is 701 g/mol. The molecule has 0 aromatic carbocycles. The Hall–Kier alpha value is -1.25. The first kappa shape index (κ1) is 41.2. The van der Waals surface area contributed by atoms with Crippen molar-refractivity contribution in [2.45, 2.75) is 130 Å². The maximum atomic E-state index is 12.9. The van der Waals surface area contributed by atoms with Crippen LogP contribution in [0, 0.1) is 0 Å². The molecular weight excluding hydrogens is 644 g/mol. The third-order valence-corrected chi connectivity index (χ3v) is 9.15. The highest BCUT2D eigenvalue weighted by Gasteiger charge is 2.52. The van der Waals surface area contributed by atoms with Crippen molar-refractivity contribution in [2.24, 2.45) is 17.2 Å². The van der Waals surface area contributed by atoms with Crippen molar-refractivity contribution in [3.8, 4) is 0 Å². The van der Waals surface area contributed by atoms with E-state index in [9.17, 15) is 45.6 Å². The number of carbonyl (C=O) groups excluding carboxylic acids is 1. The van der Waals surface area contributed by atoms with Gasteiger partial charge < -0.3 is 98.1 Å². The molecule has 3 aliphatic rings. The fourth-order valence-corrected chi connectivity index (χ4v) is 6.19. The van der Waals surface area contributed by atoms with Crippen LogP contribution in [-0.2, 0) is 23.7 Å². The number of hydrogen-bond donors (Lipinski definition) is 15. The number of likely N-dealkylation sites (N-methyl/N-ethyl adjacent to an activating group) is 1. The number of rotatable bonds is 16. The lowest BCUT2D eigenvalue weighted by atomic mass is 9.83. The first-order valence-electron chi connectivity index (χ1n) is 16.1. The van der Waals surface area contributed by atoms with Gasteiger partial charge in [-0.25, -0.2) is 0 Å². The van der Waals surface area contributed by atoms with Crippen molar-refractivity contribution in [1.82, 2.24) is 16.0 Å². The second kappa shape index (κ2) is 18.3. The predicted molar refractivity (Wildman–Crippen MR) is 164 cm³/mol. The lowest BCUT2D eigenvalue weighted by molar-refractivity contribution is -0.307. The average Bonchev–Trinajstić information content (AvgIpc) is 3.05. The first-order chi connectivity index (χ1) is 22.6. The van der Waals surface area contributed by atoms with Crippen LogP contribution in [0.3, 0.4) is 0 Å². The maximum Gasteiger partial charge on any atom is 0.251 e. The summed E-state index contributed by atoms with van der Waals surface area (Å²) in [5, 5.41) is 100. The lowest BCUT2D eigenvalue weighted by Crippen LogP contribution is -2.70. The number of nitrogens with one attached hydrogen (secondary N) is 3. The highest BCUT2D eigenvalue weighted by molar-refractivity contribution is 5.81. The maximum absolute atomic E-state index is 12.9. The van der Waals surface area contributed by atoms with Gasteiger partial charge in [0.15, 0.2) is 18.7 Å². The molecule has 1 amide bonds. The Morgan fingerprint density at radius 3 is 2.27 bits per heavy atom. The number of amides is 1. The van der Waals surface area contributed by atoms with Crippen LogP contribution in [-0.4, -0.2) is 195 Å². The van der Waals surface area contributed by atoms with Gasteiger partial charge in [-0.1, -0.05) is 0 Å². The Morgan fingerprint density at radius 1 is 0.979 bits per heavy atom. The topological polar surface area (TPSA) is 350 Å². The SMILES string of the molecule is CN[C@@H]1C(O)[C@@H](OC2C(O)C(O[C@H]3O[C@H](CNCC(O)C(O)CO)CCC3N)[C@@H](N)C[C@H]2NC(=O)[C@@H](O)[C@@H](O)[C@@H](O)CN)OCC1(C)O. The third kappa shape index (κ3) is 10.2. The fourth-order valence-electron chi connectivity index (χ4n) is 6.19. The van der Waals surface area contributed by atoms with E-state index < -0.39 is 122 Å². The first-order valence-corrected chi connectivity index (χ1v) is 16.1. The number of ether oxygens (including phenoxy) is 4. The summed E-state index contributed by atoms with van der Waals surface area (Å²) in [6.07, 6.45) is -15.9.